The van der Waals surface area contributed by atoms with E-state index in [-0.39, 0.29) is 35.8 Å². The number of anilines is 2. The molecule has 1 aromatic heterocycles. The third-order valence-electron chi connectivity index (χ3n) is 5.41. The number of fused-ring (bicyclic) bond motifs is 1. The molecule has 8 heteroatoms. The lowest BCUT2D eigenvalue weighted by Gasteiger charge is -2.44. The van der Waals surface area contributed by atoms with Crippen LogP contribution in [0.4, 0.5) is 26.1 Å². The molecule has 2 fully saturated rings. The van der Waals surface area contributed by atoms with Crippen molar-refractivity contribution in [3.63, 3.8) is 0 Å². The highest BCUT2D eigenvalue weighted by molar-refractivity contribution is 5.80. The molecule has 1 aromatic rings. The van der Waals surface area contributed by atoms with Gasteiger partial charge in [0, 0.05) is 47.7 Å². The van der Waals surface area contributed by atoms with Crippen LogP contribution in [0.15, 0.2) is 0 Å². The molecule has 2 aliphatic heterocycles. The zero-order valence-corrected chi connectivity index (χ0v) is 14.0. The summed E-state index contributed by atoms with van der Waals surface area (Å²) in [7, 11) is 0. The molecule has 1 atom stereocenters. The van der Waals surface area contributed by atoms with E-state index in [1.165, 1.54) is 4.90 Å². The largest absolute Gasteiger partial charge is 0.481 e. The quantitative estimate of drug-likeness (QED) is 0.831. The summed E-state index contributed by atoms with van der Waals surface area (Å²) >= 11 is 0. The predicted molar refractivity (Wildman–Crippen MR) is 92.1 cm³/mol. The van der Waals surface area contributed by atoms with Gasteiger partial charge in [-0.2, -0.15) is 0 Å². The van der Waals surface area contributed by atoms with Crippen molar-refractivity contribution in [3.05, 3.63) is 22.5 Å². The third kappa shape index (κ3) is 2.49. The lowest BCUT2D eigenvalue weighted by molar-refractivity contribution is -0.138. The first-order valence-corrected chi connectivity index (χ1v) is 8.59. The van der Waals surface area contributed by atoms with E-state index in [2.05, 4.69) is 9.83 Å². The standard InChI is InChI=1S/C18H20F2N4O2/c1-10-4-6-24(10)17-15(21-2)14-12(3-5-18(14,19)20)16(22-17)23-8-11(9-23)7-13(25)26/h10-11H,3-9H2,1H3,(H,25,26)/t10-/m0/s1/i1D3. The zero-order chi connectivity index (χ0) is 21.1. The first kappa shape index (κ1) is 13.7. The van der Waals surface area contributed by atoms with E-state index in [9.17, 15) is 13.6 Å². The molecule has 1 N–H and O–H groups in total. The van der Waals surface area contributed by atoms with Gasteiger partial charge in [-0.15, -0.1) is 0 Å². The average Bonchev–Trinajstić information content (AvgIpc) is 2.83. The van der Waals surface area contributed by atoms with Crippen LogP contribution in [-0.2, 0) is 17.1 Å². The molecule has 3 heterocycles. The number of carboxylic acids is 1. The molecular weight excluding hydrogens is 342 g/mol. The second kappa shape index (κ2) is 5.79. The van der Waals surface area contributed by atoms with Crippen LogP contribution in [0.2, 0.25) is 0 Å². The summed E-state index contributed by atoms with van der Waals surface area (Å²) in [6.45, 7) is 6.30. The van der Waals surface area contributed by atoms with E-state index in [0.29, 0.717) is 37.4 Å². The number of carboxylic acid groups (broad SMARTS) is 1. The maximum Gasteiger partial charge on any atom is 0.303 e. The number of halogens is 2. The highest BCUT2D eigenvalue weighted by Gasteiger charge is 2.47. The molecule has 0 aromatic carbocycles. The van der Waals surface area contributed by atoms with Crippen LogP contribution in [-0.4, -0.2) is 41.7 Å². The van der Waals surface area contributed by atoms with Gasteiger partial charge >= 0.3 is 5.97 Å². The lowest BCUT2D eigenvalue weighted by atomic mass is 9.95. The molecule has 0 spiro atoms. The average molecular weight is 365 g/mol. The van der Waals surface area contributed by atoms with Crippen LogP contribution in [0.5, 0.6) is 0 Å². The SMILES string of the molecule is [2H]C([2H])([2H])[C@H]1CCN1c1nc(N2CC(CC(=O)O)C2)c2c(c1[N+]#[C-])C(F)(F)CC2. The van der Waals surface area contributed by atoms with E-state index < -0.39 is 31.2 Å². The van der Waals surface area contributed by atoms with Crippen molar-refractivity contribution in [2.24, 2.45) is 5.92 Å². The number of alkyl halides is 2. The molecule has 1 aliphatic carbocycles. The van der Waals surface area contributed by atoms with Crippen molar-refractivity contribution in [2.75, 3.05) is 29.4 Å². The number of nitrogens with zero attached hydrogens (tertiary/aromatic N) is 4. The maximum atomic E-state index is 14.7. The second-order valence-electron chi connectivity index (χ2n) is 7.14. The summed E-state index contributed by atoms with van der Waals surface area (Å²) < 4.78 is 52.4. The minimum atomic E-state index is -3.17. The lowest BCUT2D eigenvalue weighted by Crippen LogP contribution is -2.49. The summed E-state index contributed by atoms with van der Waals surface area (Å²) in [5.74, 6) is -3.84. The van der Waals surface area contributed by atoms with Gasteiger partial charge in [0.05, 0.1) is 13.0 Å². The van der Waals surface area contributed by atoms with Gasteiger partial charge in [-0.25, -0.2) is 18.6 Å². The Morgan fingerprint density at radius 2 is 2.27 bits per heavy atom. The molecule has 0 amide bonds. The highest BCUT2D eigenvalue weighted by atomic mass is 19.3. The van der Waals surface area contributed by atoms with Crippen LogP contribution in [0, 0.1) is 12.5 Å². The fraction of sp³-hybridized carbons (Fsp3) is 0.611. The minimum absolute atomic E-state index is 0.00406. The monoisotopic (exact) mass is 365 g/mol. The zero-order valence-electron chi connectivity index (χ0n) is 17.0. The van der Waals surface area contributed by atoms with E-state index in [1.54, 1.807) is 4.90 Å². The van der Waals surface area contributed by atoms with E-state index >= 15 is 0 Å². The molecule has 0 unspecified atom stereocenters. The molecule has 138 valence electrons. The molecule has 26 heavy (non-hydrogen) atoms. The summed E-state index contributed by atoms with van der Waals surface area (Å²) in [6.07, 6.45) is 0.0340. The maximum absolute atomic E-state index is 14.7. The third-order valence-corrected chi connectivity index (χ3v) is 5.41. The molecular formula is C18H20F2N4O2. The van der Waals surface area contributed by atoms with Crippen LogP contribution in [0.3, 0.4) is 0 Å². The van der Waals surface area contributed by atoms with Crippen LogP contribution in [0.1, 0.15) is 41.4 Å². The number of rotatable bonds is 4. The Kier molecular flexibility index (Phi) is 3.06. The number of hydrogen-bond acceptors (Lipinski definition) is 4. The van der Waals surface area contributed by atoms with Crippen molar-refractivity contribution in [3.8, 4) is 0 Å². The smallest absolute Gasteiger partial charge is 0.303 e. The van der Waals surface area contributed by atoms with Crippen molar-refractivity contribution in [1.29, 1.82) is 0 Å². The number of aromatic nitrogens is 1. The molecule has 4 rings (SSSR count). The van der Waals surface area contributed by atoms with Crippen LogP contribution in [0.25, 0.3) is 4.85 Å². The summed E-state index contributed by atoms with van der Waals surface area (Å²) in [5, 5.41) is 8.93. The Morgan fingerprint density at radius 1 is 1.50 bits per heavy atom. The second-order valence-corrected chi connectivity index (χ2v) is 7.14. The van der Waals surface area contributed by atoms with Crippen LogP contribution >= 0.6 is 0 Å². The molecule has 6 nitrogen and oxygen atoms in total. The van der Waals surface area contributed by atoms with Crippen molar-refractivity contribution in [2.45, 2.75) is 44.5 Å². The first-order chi connectivity index (χ1) is 13.5. The Hall–Kier alpha value is -2.43. The predicted octanol–water partition coefficient (Wildman–Crippen LogP) is 3.18. The van der Waals surface area contributed by atoms with Crippen molar-refractivity contribution >= 4 is 23.3 Å². The summed E-state index contributed by atoms with van der Waals surface area (Å²) in [4.78, 5) is 21.9. The fourth-order valence-electron chi connectivity index (χ4n) is 3.95. The molecule has 0 radical (unpaired) electrons. The Balaban J connectivity index is 1.77. The molecule has 0 bridgehead atoms. The van der Waals surface area contributed by atoms with Gasteiger partial charge in [0.2, 0.25) is 5.69 Å². The highest BCUT2D eigenvalue weighted by Crippen LogP contribution is 2.53. The Labute approximate surface area is 154 Å². The number of hydrogen-bond donors (Lipinski definition) is 1. The van der Waals surface area contributed by atoms with Crippen LogP contribution < -0.4 is 9.80 Å². The minimum Gasteiger partial charge on any atom is -0.481 e. The summed E-state index contributed by atoms with van der Waals surface area (Å²) in [6, 6.07) is -0.854. The van der Waals surface area contributed by atoms with Gasteiger partial charge < -0.3 is 14.9 Å². The van der Waals surface area contributed by atoms with Gasteiger partial charge in [0.25, 0.3) is 5.92 Å². The van der Waals surface area contributed by atoms with E-state index in [0.717, 1.165) is 0 Å². The number of carbonyl (C=O) groups is 1. The van der Waals surface area contributed by atoms with Gasteiger partial charge in [0.1, 0.15) is 11.6 Å². The van der Waals surface area contributed by atoms with Gasteiger partial charge in [-0.3, -0.25) is 4.79 Å². The van der Waals surface area contributed by atoms with E-state index in [4.69, 9.17) is 15.8 Å². The number of aliphatic carboxylic acids is 1. The fourth-order valence-corrected chi connectivity index (χ4v) is 3.95. The van der Waals surface area contributed by atoms with Crippen molar-refractivity contribution in [1.82, 2.24) is 4.98 Å². The topological polar surface area (TPSA) is 61.0 Å². The molecule has 0 saturated carbocycles. The van der Waals surface area contributed by atoms with Gasteiger partial charge in [0.15, 0.2) is 0 Å². The Bertz CT molecular complexity index is 910. The first-order valence-electron chi connectivity index (χ1n) is 10.1. The van der Waals surface area contributed by atoms with E-state index in [1.807, 2.05) is 0 Å². The van der Waals surface area contributed by atoms with Gasteiger partial charge in [-0.05, 0) is 25.3 Å². The van der Waals surface area contributed by atoms with Gasteiger partial charge in [-0.1, -0.05) is 0 Å². The molecule has 2 saturated heterocycles. The number of pyridine rings is 1. The van der Waals surface area contributed by atoms with Crippen molar-refractivity contribution < 1.29 is 22.8 Å². The molecule has 3 aliphatic rings. The summed E-state index contributed by atoms with van der Waals surface area (Å²) in [5.41, 5.74) is -0.280. The normalized spacial score (nSPS) is 26.0. The Morgan fingerprint density at radius 3 is 2.85 bits per heavy atom.